The highest BCUT2D eigenvalue weighted by Crippen LogP contribution is 2.11. The Morgan fingerprint density at radius 3 is 1.97 bits per heavy atom. The van der Waals surface area contributed by atoms with Crippen LogP contribution in [0.4, 0.5) is 0 Å². The zero-order valence-corrected chi connectivity index (χ0v) is 20.3. The Balaban J connectivity index is 3.10. The summed E-state index contributed by atoms with van der Waals surface area (Å²) >= 11 is 0. The smallest absolute Gasteiger partial charge is 0.326 e. The highest BCUT2D eigenvalue weighted by Gasteiger charge is 2.32. The maximum Gasteiger partial charge on any atom is 0.326 e. The van der Waals surface area contributed by atoms with Crippen LogP contribution in [0.2, 0.25) is 0 Å². The van der Waals surface area contributed by atoms with Crippen molar-refractivity contribution in [1.29, 1.82) is 0 Å². The first kappa shape index (κ1) is 29.1. The third-order valence-electron chi connectivity index (χ3n) is 5.57. The number of carbonyl (C=O) groups excluding carboxylic acids is 3. The molecule has 7 N–H and O–H groups in total. The fraction of sp³-hybridized carbons (Fsp3) is 0.583. The molecule has 0 spiro atoms. The Kier molecular flexibility index (Phi) is 12.2. The molecule has 0 fully saturated rings. The van der Waals surface area contributed by atoms with Crippen LogP contribution in [0.1, 0.15) is 46.1 Å². The molecule has 0 saturated heterocycles. The molecule has 5 unspecified atom stereocenters. The summed E-state index contributed by atoms with van der Waals surface area (Å²) < 4.78 is 0. The molecule has 5 atom stereocenters. The van der Waals surface area contributed by atoms with E-state index in [1.165, 1.54) is 0 Å². The largest absolute Gasteiger partial charge is 0.480 e. The number of aliphatic hydroxyl groups excluding tert-OH is 1. The predicted molar refractivity (Wildman–Crippen MR) is 128 cm³/mol. The summed E-state index contributed by atoms with van der Waals surface area (Å²) in [5.74, 6) is -3.35. The Morgan fingerprint density at radius 2 is 1.47 bits per heavy atom. The normalized spacial score (nSPS) is 15.5. The van der Waals surface area contributed by atoms with Gasteiger partial charge in [-0.3, -0.25) is 14.4 Å². The van der Waals surface area contributed by atoms with Crippen LogP contribution in [0.3, 0.4) is 0 Å². The van der Waals surface area contributed by atoms with E-state index in [4.69, 9.17) is 5.73 Å². The van der Waals surface area contributed by atoms with E-state index in [9.17, 15) is 29.4 Å². The van der Waals surface area contributed by atoms with Crippen molar-refractivity contribution < 1.29 is 29.4 Å². The van der Waals surface area contributed by atoms with Gasteiger partial charge in [0.25, 0.3) is 0 Å². The molecule has 0 aliphatic rings. The lowest BCUT2D eigenvalue weighted by atomic mass is 9.97. The molecule has 0 bridgehead atoms. The molecule has 0 aliphatic carbocycles. The van der Waals surface area contributed by atoms with Gasteiger partial charge >= 0.3 is 5.97 Å². The van der Waals surface area contributed by atoms with Crippen molar-refractivity contribution in [2.75, 3.05) is 6.61 Å². The fourth-order valence-electron chi connectivity index (χ4n) is 3.33. The van der Waals surface area contributed by atoms with Gasteiger partial charge in [0.15, 0.2) is 0 Å². The number of hydrogen-bond acceptors (Lipinski definition) is 6. The molecule has 1 aromatic rings. The number of benzene rings is 1. The molecule has 0 saturated carbocycles. The summed E-state index contributed by atoms with van der Waals surface area (Å²) in [6.07, 6.45) is 0.957. The van der Waals surface area contributed by atoms with E-state index < -0.39 is 54.5 Å². The predicted octanol–water partition coefficient (Wildman–Crippen LogP) is 0.180. The van der Waals surface area contributed by atoms with E-state index >= 15 is 0 Å². The van der Waals surface area contributed by atoms with Crippen LogP contribution in [-0.4, -0.2) is 64.7 Å². The lowest BCUT2D eigenvalue weighted by molar-refractivity contribution is -0.144. The summed E-state index contributed by atoms with van der Waals surface area (Å²) in [5, 5.41) is 26.4. The van der Waals surface area contributed by atoms with E-state index in [2.05, 4.69) is 16.0 Å². The van der Waals surface area contributed by atoms with Crippen molar-refractivity contribution in [2.24, 2.45) is 17.6 Å². The van der Waals surface area contributed by atoms with Crippen molar-refractivity contribution in [3.8, 4) is 0 Å². The van der Waals surface area contributed by atoms with E-state index in [1.807, 2.05) is 26.8 Å². The van der Waals surface area contributed by atoms with Crippen LogP contribution in [0.15, 0.2) is 30.3 Å². The molecule has 34 heavy (non-hydrogen) atoms. The number of carboxylic acids is 1. The molecule has 10 nitrogen and oxygen atoms in total. The number of nitrogens with two attached hydrogens (primary N) is 1. The Morgan fingerprint density at radius 1 is 0.912 bits per heavy atom. The van der Waals surface area contributed by atoms with Crippen LogP contribution in [0.25, 0.3) is 0 Å². The van der Waals surface area contributed by atoms with E-state index in [0.717, 1.165) is 5.56 Å². The summed E-state index contributed by atoms with van der Waals surface area (Å²) in [6, 6.07) is 4.64. The topological polar surface area (TPSA) is 171 Å². The van der Waals surface area contributed by atoms with Gasteiger partial charge in [-0.15, -0.1) is 0 Å². The van der Waals surface area contributed by atoms with Gasteiger partial charge in [-0.25, -0.2) is 4.79 Å². The van der Waals surface area contributed by atoms with Gasteiger partial charge in [-0.1, -0.05) is 64.4 Å². The first-order chi connectivity index (χ1) is 16.0. The minimum absolute atomic E-state index is 0.0212. The molecule has 0 radical (unpaired) electrons. The highest BCUT2D eigenvalue weighted by molar-refractivity contribution is 5.94. The van der Waals surface area contributed by atoms with Crippen molar-refractivity contribution >= 4 is 23.7 Å². The number of amides is 3. The number of aliphatic hydroxyl groups is 1. The first-order valence-electron chi connectivity index (χ1n) is 11.5. The van der Waals surface area contributed by atoms with Gasteiger partial charge in [-0.05, 0) is 23.8 Å². The third kappa shape index (κ3) is 9.48. The first-order valence-corrected chi connectivity index (χ1v) is 11.5. The maximum atomic E-state index is 13.2. The van der Waals surface area contributed by atoms with Crippen LogP contribution in [0, 0.1) is 11.8 Å². The lowest BCUT2D eigenvalue weighted by Gasteiger charge is -2.27. The van der Waals surface area contributed by atoms with Crippen LogP contribution in [-0.2, 0) is 25.6 Å². The molecule has 10 heteroatoms. The average Bonchev–Trinajstić information content (AvgIpc) is 2.80. The van der Waals surface area contributed by atoms with E-state index in [1.54, 1.807) is 31.2 Å². The number of carbonyl (C=O) groups is 4. The lowest BCUT2D eigenvalue weighted by Crippen LogP contribution is -2.58. The van der Waals surface area contributed by atoms with E-state index in [-0.39, 0.29) is 24.7 Å². The SMILES string of the molecule is CCC(C)C(NC(=O)C(CC(C)C)NC(=O)C(Cc1ccccc1)NC(=O)C(N)CO)C(=O)O. The zero-order chi connectivity index (χ0) is 25.8. The Hall–Kier alpha value is -2.98. The summed E-state index contributed by atoms with van der Waals surface area (Å²) in [7, 11) is 0. The standard InChI is InChI=1S/C24H38N4O6/c1-5-15(4)20(24(33)34)28-23(32)18(11-14(2)3)27-22(31)19(26-21(30)17(25)13-29)12-16-9-7-6-8-10-16/h6-10,14-15,17-20,29H,5,11-13,25H2,1-4H3,(H,26,30)(H,27,31)(H,28,32)(H,33,34). The molecule has 0 aliphatic heterocycles. The van der Waals surface area contributed by atoms with Crippen LogP contribution < -0.4 is 21.7 Å². The summed E-state index contributed by atoms with van der Waals surface area (Å²) in [4.78, 5) is 50.1. The quantitative estimate of drug-likeness (QED) is 0.221. The van der Waals surface area contributed by atoms with Crippen molar-refractivity contribution in [1.82, 2.24) is 16.0 Å². The molecular formula is C24H38N4O6. The Labute approximate surface area is 200 Å². The maximum absolute atomic E-state index is 13.2. The number of rotatable bonds is 14. The molecule has 0 aromatic heterocycles. The zero-order valence-electron chi connectivity index (χ0n) is 20.3. The number of aliphatic carboxylic acids is 1. The molecular weight excluding hydrogens is 440 g/mol. The van der Waals surface area contributed by atoms with Crippen molar-refractivity contribution in [3.05, 3.63) is 35.9 Å². The monoisotopic (exact) mass is 478 g/mol. The number of hydrogen-bond donors (Lipinski definition) is 6. The van der Waals surface area contributed by atoms with Gasteiger partial charge < -0.3 is 31.9 Å². The molecule has 0 heterocycles. The third-order valence-corrected chi connectivity index (χ3v) is 5.57. The second-order valence-electron chi connectivity index (χ2n) is 8.94. The van der Waals surface area contributed by atoms with Gasteiger partial charge in [0, 0.05) is 6.42 Å². The summed E-state index contributed by atoms with van der Waals surface area (Å²) in [5.41, 5.74) is 6.36. The second-order valence-corrected chi connectivity index (χ2v) is 8.94. The summed E-state index contributed by atoms with van der Waals surface area (Å²) in [6.45, 7) is 6.72. The van der Waals surface area contributed by atoms with E-state index in [0.29, 0.717) is 6.42 Å². The van der Waals surface area contributed by atoms with Crippen molar-refractivity contribution in [3.63, 3.8) is 0 Å². The van der Waals surface area contributed by atoms with Crippen LogP contribution >= 0.6 is 0 Å². The number of nitrogens with one attached hydrogen (secondary N) is 3. The minimum Gasteiger partial charge on any atom is -0.480 e. The van der Waals surface area contributed by atoms with Gasteiger partial charge in [0.05, 0.1) is 6.61 Å². The van der Waals surface area contributed by atoms with Crippen molar-refractivity contribution in [2.45, 2.75) is 71.1 Å². The Bertz CT molecular complexity index is 817. The van der Waals surface area contributed by atoms with Crippen LogP contribution in [0.5, 0.6) is 0 Å². The highest BCUT2D eigenvalue weighted by atomic mass is 16.4. The molecule has 1 rings (SSSR count). The molecule has 3 amide bonds. The minimum atomic E-state index is -1.20. The molecule has 1 aromatic carbocycles. The molecule has 190 valence electrons. The average molecular weight is 479 g/mol. The second kappa shape index (κ2) is 14.3. The van der Waals surface area contributed by atoms with Gasteiger partial charge in [0.2, 0.25) is 17.7 Å². The number of carboxylic acid groups (broad SMARTS) is 1. The van der Waals surface area contributed by atoms with Gasteiger partial charge in [-0.2, -0.15) is 0 Å². The fourth-order valence-corrected chi connectivity index (χ4v) is 3.33. The van der Waals surface area contributed by atoms with Gasteiger partial charge in [0.1, 0.15) is 24.2 Å².